The van der Waals surface area contributed by atoms with Crippen LogP contribution in [0, 0.1) is 11.3 Å². The molecule has 0 aliphatic carbocycles. The average Bonchev–Trinajstić information content (AvgIpc) is 3.21. The Morgan fingerprint density at radius 1 is 0.903 bits per heavy atom. The normalized spacial score (nSPS) is 10.6. The van der Waals surface area contributed by atoms with E-state index in [1.54, 1.807) is 11.8 Å². The molecule has 0 saturated heterocycles. The third-order valence-electron chi connectivity index (χ3n) is 4.76. The van der Waals surface area contributed by atoms with E-state index in [4.69, 9.17) is 10.00 Å². The number of ether oxygens (including phenoxy) is 1. The zero-order chi connectivity index (χ0) is 21.5. The first-order chi connectivity index (χ1) is 15.3. The van der Waals surface area contributed by atoms with Crippen molar-refractivity contribution in [3.05, 3.63) is 101 Å². The van der Waals surface area contributed by atoms with Gasteiger partial charge in [0.15, 0.2) is 5.16 Å². The van der Waals surface area contributed by atoms with Crippen molar-refractivity contribution in [2.75, 3.05) is 6.61 Å². The molecule has 1 heterocycles. The number of thioether (sulfide) groups is 1. The van der Waals surface area contributed by atoms with Gasteiger partial charge in [-0.1, -0.05) is 54.2 Å². The van der Waals surface area contributed by atoms with Gasteiger partial charge in [-0.2, -0.15) is 5.26 Å². The summed E-state index contributed by atoms with van der Waals surface area (Å²) in [7, 11) is 0. The topological polar surface area (TPSA) is 63.7 Å². The van der Waals surface area contributed by atoms with Gasteiger partial charge in [0.05, 0.1) is 18.2 Å². The Balaban J connectivity index is 1.63. The van der Waals surface area contributed by atoms with Crippen LogP contribution in [0.3, 0.4) is 0 Å². The van der Waals surface area contributed by atoms with Crippen LogP contribution in [0.2, 0.25) is 0 Å². The van der Waals surface area contributed by atoms with E-state index in [0.717, 1.165) is 33.7 Å². The van der Waals surface area contributed by atoms with E-state index < -0.39 is 0 Å². The molecule has 4 aromatic rings. The third-order valence-corrected chi connectivity index (χ3v) is 5.76. The summed E-state index contributed by atoms with van der Waals surface area (Å²) < 4.78 is 7.70. The fourth-order valence-corrected chi connectivity index (χ4v) is 4.15. The third kappa shape index (κ3) is 5.14. The van der Waals surface area contributed by atoms with Crippen LogP contribution in [0.15, 0.2) is 84.0 Å². The molecule has 4 rings (SSSR count). The van der Waals surface area contributed by atoms with Crippen molar-refractivity contribution in [2.45, 2.75) is 24.3 Å². The predicted octanol–water partition coefficient (Wildman–Crippen LogP) is 5.42. The minimum atomic E-state index is 0.636. The molecule has 0 N–H and O–H groups in total. The molecule has 5 nitrogen and oxygen atoms in total. The molecule has 31 heavy (non-hydrogen) atoms. The highest BCUT2D eigenvalue weighted by atomic mass is 32.2. The number of hydrogen-bond donors (Lipinski definition) is 0. The summed E-state index contributed by atoms with van der Waals surface area (Å²) in [4.78, 5) is 0. The summed E-state index contributed by atoms with van der Waals surface area (Å²) in [5.41, 5.74) is 3.98. The van der Waals surface area contributed by atoms with Crippen LogP contribution >= 0.6 is 11.8 Å². The van der Waals surface area contributed by atoms with Gasteiger partial charge in [0.2, 0.25) is 0 Å². The molecule has 0 saturated carbocycles. The second kappa shape index (κ2) is 9.96. The van der Waals surface area contributed by atoms with Crippen LogP contribution in [0.1, 0.15) is 29.4 Å². The fourth-order valence-electron chi connectivity index (χ4n) is 3.23. The molecule has 0 atom stereocenters. The van der Waals surface area contributed by atoms with E-state index in [2.05, 4.69) is 33.0 Å². The zero-order valence-electron chi connectivity index (χ0n) is 17.2. The summed E-state index contributed by atoms with van der Waals surface area (Å²) in [6.45, 7) is 2.61. The SMILES string of the molecule is CCOc1ccc(-n2c(Cc3ccccc3)nnc2SCc2ccc(C#N)cc2)cc1. The Kier molecular flexibility index (Phi) is 6.65. The Labute approximate surface area is 186 Å². The molecule has 0 unspecified atom stereocenters. The smallest absolute Gasteiger partial charge is 0.196 e. The van der Waals surface area contributed by atoms with E-state index in [-0.39, 0.29) is 0 Å². The molecule has 3 aromatic carbocycles. The van der Waals surface area contributed by atoms with Gasteiger partial charge in [0.1, 0.15) is 11.6 Å². The van der Waals surface area contributed by atoms with Gasteiger partial charge in [-0.3, -0.25) is 4.57 Å². The summed E-state index contributed by atoms with van der Waals surface area (Å²) >= 11 is 1.63. The first kappa shape index (κ1) is 20.7. The maximum absolute atomic E-state index is 8.99. The summed E-state index contributed by atoms with van der Waals surface area (Å²) in [5, 5.41) is 18.8. The standard InChI is InChI=1S/C25H22N4OS/c1-2-30-23-14-12-22(13-15-23)29-24(16-19-6-4-3-5-7-19)27-28-25(29)31-18-21-10-8-20(17-26)9-11-21/h3-15H,2,16,18H2,1H3. The maximum atomic E-state index is 8.99. The minimum absolute atomic E-state index is 0.636. The lowest BCUT2D eigenvalue weighted by molar-refractivity contribution is 0.340. The number of aromatic nitrogens is 3. The van der Waals surface area contributed by atoms with Crippen LogP contribution in [0.4, 0.5) is 0 Å². The second-order valence-electron chi connectivity index (χ2n) is 6.92. The number of hydrogen-bond acceptors (Lipinski definition) is 5. The lowest BCUT2D eigenvalue weighted by Crippen LogP contribution is -2.04. The van der Waals surface area contributed by atoms with Gasteiger partial charge in [-0.15, -0.1) is 10.2 Å². The van der Waals surface area contributed by atoms with Crippen molar-refractivity contribution in [3.63, 3.8) is 0 Å². The monoisotopic (exact) mass is 426 g/mol. The Bertz CT molecular complexity index is 1160. The van der Waals surface area contributed by atoms with Gasteiger partial charge in [0.25, 0.3) is 0 Å². The first-order valence-corrected chi connectivity index (χ1v) is 11.1. The largest absolute Gasteiger partial charge is 0.494 e. The van der Waals surface area contributed by atoms with Crippen molar-refractivity contribution < 1.29 is 4.74 Å². The van der Waals surface area contributed by atoms with Gasteiger partial charge in [-0.25, -0.2) is 0 Å². The number of nitriles is 1. The molecule has 6 heteroatoms. The average molecular weight is 427 g/mol. The van der Waals surface area contributed by atoms with Crippen LogP contribution in [0.25, 0.3) is 5.69 Å². The van der Waals surface area contributed by atoms with Crippen LogP contribution in [0.5, 0.6) is 5.75 Å². The van der Waals surface area contributed by atoms with E-state index in [1.807, 2.05) is 73.7 Å². The zero-order valence-corrected chi connectivity index (χ0v) is 18.0. The summed E-state index contributed by atoms with van der Waals surface area (Å²) in [6.07, 6.45) is 0.693. The molecule has 1 aromatic heterocycles. The van der Waals surface area contributed by atoms with E-state index in [0.29, 0.717) is 18.6 Å². The minimum Gasteiger partial charge on any atom is -0.494 e. The van der Waals surface area contributed by atoms with Gasteiger partial charge in [-0.05, 0) is 54.4 Å². The van der Waals surface area contributed by atoms with Gasteiger partial charge in [0, 0.05) is 17.9 Å². The van der Waals surface area contributed by atoms with Crippen molar-refractivity contribution in [2.24, 2.45) is 0 Å². The molecular weight excluding hydrogens is 404 g/mol. The van der Waals surface area contributed by atoms with Crippen LogP contribution in [-0.2, 0) is 12.2 Å². The molecular formula is C25H22N4OS. The lowest BCUT2D eigenvalue weighted by atomic mass is 10.1. The second-order valence-corrected chi connectivity index (χ2v) is 7.86. The Hall–Kier alpha value is -3.56. The van der Waals surface area contributed by atoms with Crippen LogP contribution < -0.4 is 4.74 Å². The Morgan fingerprint density at radius 2 is 1.65 bits per heavy atom. The van der Waals surface area contributed by atoms with Crippen molar-refractivity contribution in [1.82, 2.24) is 14.8 Å². The number of rotatable bonds is 8. The molecule has 0 aliphatic heterocycles. The highest BCUT2D eigenvalue weighted by Crippen LogP contribution is 2.27. The highest BCUT2D eigenvalue weighted by molar-refractivity contribution is 7.98. The molecule has 154 valence electrons. The van der Waals surface area contributed by atoms with Gasteiger partial charge >= 0.3 is 0 Å². The molecule has 0 spiro atoms. The first-order valence-electron chi connectivity index (χ1n) is 10.1. The van der Waals surface area contributed by atoms with E-state index in [1.165, 1.54) is 5.56 Å². The van der Waals surface area contributed by atoms with Crippen molar-refractivity contribution in [3.8, 4) is 17.5 Å². The lowest BCUT2D eigenvalue weighted by Gasteiger charge is -2.11. The Morgan fingerprint density at radius 3 is 2.32 bits per heavy atom. The molecule has 0 aliphatic rings. The number of nitrogens with zero attached hydrogens (tertiary/aromatic N) is 4. The fraction of sp³-hybridized carbons (Fsp3) is 0.160. The van der Waals surface area contributed by atoms with Crippen molar-refractivity contribution in [1.29, 1.82) is 5.26 Å². The summed E-state index contributed by atoms with van der Waals surface area (Å²) in [6, 6.07) is 28.1. The molecule has 0 radical (unpaired) electrons. The molecule has 0 fully saturated rings. The maximum Gasteiger partial charge on any atom is 0.196 e. The number of benzene rings is 3. The summed E-state index contributed by atoms with van der Waals surface area (Å²) in [5.74, 6) is 2.47. The van der Waals surface area contributed by atoms with Crippen molar-refractivity contribution >= 4 is 11.8 Å². The van der Waals surface area contributed by atoms with Gasteiger partial charge < -0.3 is 4.74 Å². The molecule has 0 bridgehead atoms. The molecule has 0 amide bonds. The van der Waals surface area contributed by atoms with Crippen LogP contribution in [-0.4, -0.2) is 21.4 Å². The predicted molar refractivity (Wildman–Crippen MR) is 122 cm³/mol. The quantitative estimate of drug-likeness (QED) is 0.352. The van der Waals surface area contributed by atoms with E-state index >= 15 is 0 Å². The highest BCUT2D eigenvalue weighted by Gasteiger charge is 2.15. The van der Waals surface area contributed by atoms with E-state index in [9.17, 15) is 0 Å².